The number of aryl methyl sites for hydroxylation is 1. The van der Waals surface area contributed by atoms with E-state index < -0.39 is 0 Å². The van der Waals surface area contributed by atoms with Gasteiger partial charge in [-0.05, 0) is 37.3 Å². The van der Waals surface area contributed by atoms with Crippen LogP contribution in [-0.2, 0) is 17.6 Å². The molecule has 3 heterocycles. The lowest BCUT2D eigenvalue weighted by Gasteiger charge is -2.09. The van der Waals surface area contributed by atoms with Crippen molar-refractivity contribution in [3.8, 4) is 17.5 Å². The van der Waals surface area contributed by atoms with Crippen LogP contribution in [0.2, 0.25) is 0 Å². The molecule has 1 aliphatic carbocycles. The van der Waals surface area contributed by atoms with Crippen molar-refractivity contribution in [2.24, 2.45) is 0 Å². The first-order chi connectivity index (χ1) is 14.7. The van der Waals surface area contributed by atoms with Crippen molar-refractivity contribution in [3.63, 3.8) is 0 Å². The van der Waals surface area contributed by atoms with Gasteiger partial charge in [0.05, 0.1) is 16.9 Å². The van der Waals surface area contributed by atoms with E-state index in [4.69, 9.17) is 4.42 Å². The van der Waals surface area contributed by atoms with Crippen LogP contribution in [-0.4, -0.2) is 26.8 Å². The molecule has 0 unspecified atom stereocenters. The lowest BCUT2D eigenvalue weighted by Crippen LogP contribution is -2.14. The number of thiophene rings is 1. The molecule has 0 spiro atoms. The van der Waals surface area contributed by atoms with E-state index in [1.54, 1.807) is 0 Å². The van der Waals surface area contributed by atoms with Crippen molar-refractivity contribution < 1.29 is 9.21 Å². The van der Waals surface area contributed by atoms with Crippen LogP contribution in [0.5, 0.6) is 0 Å². The molecule has 5 rings (SSSR count). The van der Waals surface area contributed by atoms with E-state index in [9.17, 15) is 10.1 Å². The molecule has 0 bridgehead atoms. The van der Waals surface area contributed by atoms with E-state index in [1.165, 1.54) is 28.0 Å². The zero-order valence-corrected chi connectivity index (χ0v) is 17.5. The van der Waals surface area contributed by atoms with E-state index in [-0.39, 0.29) is 11.7 Å². The highest BCUT2D eigenvalue weighted by atomic mass is 32.2. The number of fused-ring (bicyclic) bond motifs is 2. The quantitative estimate of drug-likeness (QED) is 0.438. The lowest BCUT2D eigenvalue weighted by atomic mass is 9.96. The summed E-state index contributed by atoms with van der Waals surface area (Å²) in [5.74, 6) is 0.346. The van der Waals surface area contributed by atoms with E-state index in [2.05, 4.69) is 26.6 Å². The third-order valence-electron chi connectivity index (χ3n) is 5.09. The molecule has 2 N–H and O–H groups in total. The lowest BCUT2D eigenvalue weighted by molar-refractivity contribution is -0.113. The number of aromatic nitrogens is 3. The predicted molar refractivity (Wildman–Crippen MR) is 117 cm³/mol. The van der Waals surface area contributed by atoms with Crippen LogP contribution in [0.4, 0.5) is 5.00 Å². The molecule has 0 saturated carbocycles. The molecular weight excluding hydrogens is 418 g/mol. The molecule has 7 nitrogen and oxygen atoms in total. The number of nitriles is 1. The van der Waals surface area contributed by atoms with Gasteiger partial charge < -0.3 is 14.7 Å². The Morgan fingerprint density at radius 1 is 1.30 bits per heavy atom. The number of carbonyl (C=O) groups excluding carboxylic acids is 1. The van der Waals surface area contributed by atoms with Crippen molar-refractivity contribution >= 4 is 44.9 Å². The highest BCUT2D eigenvalue weighted by molar-refractivity contribution is 7.99. The smallest absolute Gasteiger partial charge is 0.277 e. The van der Waals surface area contributed by atoms with Crippen LogP contribution >= 0.6 is 23.1 Å². The summed E-state index contributed by atoms with van der Waals surface area (Å²) in [6.45, 7) is 0. The Labute approximate surface area is 180 Å². The zero-order valence-electron chi connectivity index (χ0n) is 15.9. The molecule has 4 aromatic rings. The third-order valence-corrected chi connectivity index (χ3v) is 7.11. The van der Waals surface area contributed by atoms with Crippen molar-refractivity contribution in [2.45, 2.75) is 30.9 Å². The molecule has 1 aromatic carbocycles. The summed E-state index contributed by atoms with van der Waals surface area (Å²) in [6, 6.07) is 10.1. The topological polar surface area (TPSA) is 108 Å². The monoisotopic (exact) mass is 435 g/mol. The maximum atomic E-state index is 12.4. The van der Waals surface area contributed by atoms with Crippen molar-refractivity contribution in [3.05, 3.63) is 46.5 Å². The van der Waals surface area contributed by atoms with Gasteiger partial charge in [0.15, 0.2) is 0 Å². The number of nitrogens with one attached hydrogen (secondary N) is 2. The van der Waals surface area contributed by atoms with Crippen LogP contribution < -0.4 is 5.32 Å². The van der Waals surface area contributed by atoms with Gasteiger partial charge in [-0.2, -0.15) is 5.26 Å². The first kappa shape index (κ1) is 18.9. The third kappa shape index (κ3) is 3.49. The first-order valence-corrected chi connectivity index (χ1v) is 11.4. The van der Waals surface area contributed by atoms with Crippen molar-refractivity contribution in [1.82, 2.24) is 15.2 Å². The summed E-state index contributed by atoms with van der Waals surface area (Å²) >= 11 is 2.70. The second-order valence-electron chi connectivity index (χ2n) is 6.98. The molecule has 0 saturated heterocycles. The number of benzene rings is 1. The fraction of sp³-hybridized carbons (Fsp3) is 0.238. The largest absolute Gasteiger partial charge is 0.411 e. The molecular formula is C21H17N5O2S2. The molecule has 9 heteroatoms. The summed E-state index contributed by atoms with van der Waals surface area (Å²) in [6.07, 6.45) is 5.96. The molecule has 3 aromatic heterocycles. The standard InChI is InChI=1S/C21H17N5O2S2/c22-9-14-13-6-2-4-8-17(13)30-20(14)24-18(27)11-29-21-26-25-19(28-21)15-10-23-16-7-3-1-5-12(15)16/h1,3,5,7,10,23H,2,4,6,8,11H2,(H,24,27). The van der Waals surface area contributed by atoms with Crippen LogP contribution in [0, 0.1) is 11.3 Å². The maximum Gasteiger partial charge on any atom is 0.277 e. The van der Waals surface area contributed by atoms with Crippen LogP contribution in [0.3, 0.4) is 0 Å². The van der Waals surface area contributed by atoms with Crippen molar-refractivity contribution in [2.75, 3.05) is 11.1 Å². The number of aromatic amines is 1. The Morgan fingerprint density at radius 3 is 3.07 bits per heavy atom. The average Bonchev–Trinajstić information content (AvgIpc) is 3.48. The molecule has 0 fully saturated rings. The number of thioether (sulfide) groups is 1. The average molecular weight is 436 g/mol. The summed E-state index contributed by atoms with van der Waals surface area (Å²) in [5.41, 5.74) is 3.55. The van der Waals surface area contributed by atoms with Gasteiger partial charge in [-0.3, -0.25) is 4.79 Å². The minimum atomic E-state index is -0.193. The Kier molecular flexibility index (Phi) is 5.02. The van der Waals surface area contributed by atoms with Crippen molar-refractivity contribution in [1.29, 1.82) is 5.26 Å². The molecule has 0 atom stereocenters. The fourth-order valence-electron chi connectivity index (χ4n) is 3.69. The van der Waals surface area contributed by atoms with Crippen LogP contribution in [0.15, 0.2) is 40.1 Å². The number of nitrogens with zero attached hydrogens (tertiary/aromatic N) is 3. The highest BCUT2D eigenvalue weighted by Gasteiger charge is 2.22. The fourth-order valence-corrected chi connectivity index (χ4v) is 5.51. The number of carbonyl (C=O) groups is 1. The zero-order chi connectivity index (χ0) is 20.5. The van der Waals surface area contributed by atoms with Gasteiger partial charge in [0.1, 0.15) is 11.1 Å². The van der Waals surface area contributed by atoms with Gasteiger partial charge in [0.25, 0.3) is 11.1 Å². The van der Waals surface area contributed by atoms with Gasteiger partial charge in [-0.1, -0.05) is 30.0 Å². The molecule has 0 radical (unpaired) electrons. The number of anilines is 1. The summed E-state index contributed by atoms with van der Waals surface area (Å²) in [5, 5.41) is 22.5. The number of para-hydroxylation sites is 1. The summed E-state index contributed by atoms with van der Waals surface area (Å²) in [7, 11) is 0. The van der Waals surface area contributed by atoms with E-state index in [0.29, 0.717) is 21.7 Å². The van der Waals surface area contributed by atoms with Gasteiger partial charge in [0, 0.05) is 22.0 Å². The number of hydrogen-bond acceptors (Lipinski definition) is 7. The molecule has 1 aliphatic rings. The second-order valence-corrected chi connectivity index (χ2v) is 9.02. The Hall–Kier alpha value is -3.09. The first-order valence-electron chi connectivity index (χ1n) is 9.60. The summed E-state index contributed by atoms with van der Waals surface area (Å²) in [4.78, 5) is 16.9. The normalized spacial score (nSPS) is 13.2. The van der Waals surface area contributed by atoms with E-state index in [0.717, 1.165) is 47.7 Å². The van der Waals surface area contributed by atoms with E-state index in [1.807, 2.05) is 30.5 Å². The molecule has 1 amide bonds. The SMILES string of the molecule is N#Cc1c(NC(=O)CSc2nnc(-c3c[nH]c4ccccc34)o2)sc2c1CCCC2. The number of H-pyrrole nitrogens is 1. The molecule has 30 heavy (non-hydrogen) atoms. The number of amides is 1. The van der Waals surface area contributed by atoms with Gasteiger partial charge in [0.2, 0.25) is 5.91 Å². The van der Waals surface area contributed by atoms with Gasteiger partial charge in [-0.15, -0.1) is 21.5 Å². The van der Waals surface area contributed by atoms with Gasteiger partial charge in [-0.25, -0.2) is 0 Å². The predicted octanol–water partition coefficient (Wildman–Crippen LogP) is 4.76. The minimum absolute atomic E-state index is 0.128. The Morgan fingerprint density at radius 2 is 2.17 bits per heavy atom. The number of hydrogen-bond donors (Lipinski definition) is 2. The minimum Gasteiger partial charge on any atom is -0.411 e. The maximum absolute atomic E-state index is 12.4. The van der Waals surface area contributed by atoms with E-state index >= 15 is 0 Å². The highest BCUT2D eigenvalue weighted by Crippen LogP contribution is 2.37. The molecule has 150 valence electrons. The van der Waals surface area contributed by atoms with Crippen LogP contribution in [0.1, 0.15) is 28.8 Å². The van der Waals surface area contributed by atoms with Crippen LogP contribution in [0.25, 0.3) is 22.4 Å². The summed E-state index contributed by atoms with van der Waals surface area (Å²) < 4.78 is 5.74. The molecule has 0 aliphatic heterocycles. The van der Waals surface area contributed by atoms with Gasteiger partial charge >= 0.3 is 0 Å². The Bertz CT molecular complexity index is 1280. The second kappa shape index (κ2) is 7.97. The Balaban J connectivity index is 1.26. The number of rotatable bonds is 5.